The summed E-state index contributed by atoms with van der Waals surface area (Å²) in [5.41, 5.74) is 6.46. The lowest BCUT2D eigenvalue weighted by Crippen LogP contribution is -2.32. The quantitative estimate of drug-likeness (QED) is 0.773. The normalized spacial score (nSPS) is 12.1. The van der Waals surface area contributed by atoms with Crippen LogP contribution in [0, 0.1) is 13.8 Å². The van der Waals surface area contributed by atoms with Gasteiger partial charge in [0.1, 0.15) is 0 Å². The first-order chi connectivity index (χ1) is 5.96. The summed E-state index contributed by atoms with van der Waals surface area (Å²) < 4.78 is 27.1. The van der Waals surface area contributed by atoms with Crippen molar-refractivity contribution in [2.24, 2.45) is 5.73 Å². The van der Waals surface area contributed by atoms with Gasteiger partial charge in [-0.25, -0.2) is 13.8 Å². The summed E-state index contributed by atoms with van der Waals surface area (Å²) in [4.78, 5) is 3.92. The molecule has 0 fully saturated rings. The third kappa shape index (κ3) is 2.24. The summed E-state index contributed by atoms with van der Waals surface area (Å²) >= 11 is 0. The van der Waals surface area contributed by atoms with Gasteiger partial charge in [0, 0.05) is 5.69 Å². The fourth-order valence-corrected chi connectivity index (χ4v) is 1.02. The minimum Gasteiger partial charge on any atom is -0.329 e. The molecule has 0 unspecified atom stereocenters. The van der Waals surface area contributed by atoms with Crippen molar-refractivity contribution in [3.05, 3.63) is 17.7 Å². The van der Waals surface area contributed by atoms with Crippen LogP contribution in [-0.2, 0) is 6.54 Å². The van der Waals surface area contributed by atoms with E-state index in [1.54, 1.807) is 13.8 Å². The molecule has 3 nitrogen and oxygen atoms in total. The molecule has 0 radical (unpaired) electrons. The molecular formula is C8H13F2N3. The molecule has 0 amide bonds. The molecule has 0 aliphatic carbocycles. The van der Waals surface area contributed by atoms with Crippen molar-refractivity contribution < 1.29 is 8.78 Å². The van der Waals surface area contributed by atoms with E-state index in [0.717, 1.165) is 11.4 Å². The third-order valence-corrected chi connectivity index (χ3v) is 2.05. The van der Waals surface area contributed by atoms with Crippen molar-refractivity contribution in [1.82, 2.24) is 9.55 Å². The maximum Gasteiger partial charge on any atom is 0.277 e. The maximum absolute atomic E-state index is 12.9. The lowest BCUT2D eigenvalue weighted by atomic mass is 10.3. The molecular weight excluding hydrogens is 176 g/mol. The van der Waals surface area contributed by atoms with Gasteiger partial charge < -0.3 is 10.3 Å². The monoisotopic (exact) mass is 189 g/mol. The largest absolute Gasteiger partial charge is 0.329 e. The second kappa shape index (κ2) is 3.41. The Morgan fingerprint density at radius 3 is 2.54 bits per heavy atom. The number of rotatable bonds is 3. The molecule has 0 atom stereocenters. The Labute approximate surface area is 75.6 Å². The highest BCUT2D eigenvalue weighted by atomic mass is 19.3. The highest BCUT2D eigenvalue weighted by molar-refractivity contribution is 5.08. The average molecular weight is 189 g/mol. The summed E-state index contributed by atoms with van der Waals surface area (Å²) in [5.74, 6) is -2.85. The van der Waals surface area contributed by atoms with Crippen molar-refractivity contribution in [3.63, 3.8) is 0 Å². The second-order valence-corrected chi connectivity index (χ2v) is 3.10. The molecule has 0 aliphatic rings. The first kappa shape index (κ1) is 10.1. The zero-order valence-electron chi connectivity index (χ0n) is 7.72. The molecule has 0 aromatic carbocycles. The predicted molar refractivity (Wildman–Crippen MR) is 45.7 cm³/mol. The number of halogens is 2. The molecule has 0 saturated carbocycles. The van der Waals surface area contributed by atoms with Gasteiger partial charge in [-0.05, 0) is 13.8 Å². The molecule has 0 spiro atoms. The molecule has 1 rings (SSSR count). The fourth-order valence-electron chi connectivity index (χ4n) is 1.02. The minimum absolute atomic E-state index is 0.393. The van der Waals surface area contributed by atoms with Crippen LogP contribution in [-0.4, -0.2) is 22.0 Å². The van der Waals surface area contributed by atoms with Crippen molar-refractivity contribution in [3.8, 4) is 0 Å². The van der Waals surface area contributed by atoms with E-state index >= 15 is 0 Å². The van der Waals surface area contributed by atoms with E-state index in [0.29, 0.717) is 0 Å². The van der Waals surface area contributed by atoms with E-state index in [2.05, 4.69) is 4.98 Å². The van der Waals surface area contributed by atoms with Gasteiger partial charge >= 0.3 is 0 Å². The zero-order valence-corrected chi connectivity index (χ0v) is 7.72. The van der Waals surface area contributed by atoms with Crippen molar-refractivity contribution >= 4 is 0 Å². The first-order valence-electron chi connectivity index (χ1n) is 4.02. The summed E-state index contributed by atoms with van der Waals surface area (Å²) in [6.07, 6.45) is 1.41. The van der Waals surface area contributed by atoms with Gasteiger partial charge in [-0.1, -0.05) is 0 Å². The van der Waals surface area contributed by atoms with Gasteiger partial charge in [0.05, 0.1) is 25.1 Å². The van der Waals surface area contributed by atoms with Crippen LogP contribution in [0.5, 0.6) is 0 Å². The molecule has 74 valence electrons. The maximum atomic E-state index is 12.9. The number of alkyl halides is 2. The number of nitrogens with two attached hydrogens (primary N) is 1. The Bertz CT molecular complexity index is 294. The Balaban J connectivity index is 2.80. The van der Waals surface area contributed by atoms with Crippen LogP contribution in [0.2, 0.25) is 0 Å². The van der Waals surface area contributed by atoms with Crippen LogP contribution in [0.1, 0.15) is 11.4 Å². The molecule has 0 aliphatic heterocycles. The molecule has 1 aromatic heterocycles. The van der Waals surface area contributed by atoms with E-state index in [1.807, 2.05) is 0 Å². The highest BCUT2D eigenvalue weighted by Crippen LogP contribution is 2.16. The van der Waals surface area contributed by atoms with Crippen LogP contribution in [0.25, 0.3) is 0 Å². The lowest BCUT2D eigenvalue weighted by Gasteiger charge is -2.15. The van der Waals surface area contributed by atoms with Crippen LogP contribution in [0.4, 0.5) is 8.78 Å². The van der Waals surface area contributed by atoms with E-state index in [9.17, 15) is 8.78 Å². The van der Waals surface area contributed by atoms with Gasteiger partial charge in [0.2, 0.25) is 0 Å². The van der Waals surface area contributed by atoms with Gasteiger partial charge in [0.25, 0.3) is 5.92 Å². The van der Waals surface area contributed by atoms with Crippen molar-refractivity contribution in [2.45, 2.75) is 26.3 Å². The van der Waals surface area contributed by atoms with Crippen molar-refractivity contribution in [2.75, 3.05) is 6.54 Å². The van der Waals surface area contributed by atoms with Crippen LogP contribution >= 0.6 is 0 Å². The average Bonchev–Trinajstić information content (AvgIpc) is 2.36. The summed E-state index contributed by atoms with van der Waals surface area (Å²) in [5, 5.41) is 0. The van der Waals surface area contributed by atoms with E-state index in [-0.39, 0.29) is 0 Å². The molecule has 1 aromatic rings. The molecule has 2 N–H and O–H groups in total. The number of aryl methyl sites for hydroxylation is 1. The highest BCUT2D eigenvalue weighted by Gasteiger charge is 2.27. The molecule has 0 saturated heterocycles. The summed E-state index contributed by atoms with van der Waals surface area (Å²) in [7, 11) is 0. The number of hydrogen-bond donors (Lipinski definition) is 1. The van der Waals surface area contributed by atoms with Crippen LogP contribution in [0.3, 0.4) is 0 Å². The third-order valence-electron chi connectivity index (χ3n) is 2.05. The number of nitrogens with zero attached hydrogens (tertiary/aromatic N) is 2. The molecule has 0 bridgehead atoms. The smallest absolute Gasteiger partial charge is 0.277 e. The van der Waals surface area contributed by atoms with Crippen molar-refractivity contribution in [1.29, 1.82) is 0 Å². The van der Waals surface area contributed by atoms with E-state index in [1.165, 1.54) is 10.9 Å². The molecule has 13 heavy (non-hydrogen) atoms. The van der Waals surface area contributed by atoms with Gasteiger partial charge in [-0.15, -0.1) is 0 Å². The van der Waals surface area contributed by atoms with Crippen LogP contribution in [0.15, 0.2) is 6.33 Å². The topological polar surface area (TPSA) is 43.8 Å². The standard InChI is InChI=1S/C8H13F2N3/c1-6-7(2)13(5-12-6)4-8(9,10)3-11/h5H,3-4,11H2,1-2H3. The first-order valence-corrected chi connectivity index (χ1v) is 4.02. The lowest BCUT2D eigenvalue weighted by molar-refractivity contribution is -0.00712. The molecule has 1 heterocycles. The van der Waals surface area contributed by atoms with Gasteiger partial charge in [0.15, 0.2) is 0 Å². The SMILES string of the molecule is Cc1ncn(CC(F)(F)CN)c1C. The van der Waals surface area contributed by atoms with Gasteiger partial charge in [-0.3, -0.25) is 0 Å². The van der Waals surface area contributed by atoms with Crippen LogP contribution < -0.4 is 5.73 Å². The minimum atomic E-state index is -2.85. The summed E-state index contributed by atoms with van der Waals surface area (Å²) in [6, 6.07) is 0. The van der Waals surface area contributed by atoms with E-state index in [4.69, 9.17) is 5.73 Å². The Morgan fingerprint density at radius 2 is 2.15 bits per heavy atom. The van der Waals surface area contributed by atoms with E-state index < -0.39 is 19.0 Å². The zero-order chi connectivity index (χ0) is 10.1. The number of imidazole rings is 1. The molecule has 5 heteroatoms. The predicted octanol–water partition coefficient (Wildman–Crippen LogP) is 1.09. The fraction of sp³-hybridized carbons (Fsp3) is 0.625. The summed E-state index contributed by atoms with van der Waals surface area (Å²) in [6.45, 7) is 2.52. The Hall–Kier alpha value is -0.970. The van der Waals surface area contributed by atoms with Gasteiger partial charge in [-0.2, -0.15) is 0 Å². The number of aromatic nitrogens is 2. The number of hydrogen-bond acceptors (Lipinski definition) is 2. The second-order valence-electron chi connectivity index (χ2n) is 3.10. The Morgan fingerprint density at radius 1 is 1.54 bits per heavy atom. The Kier molecular flexibility index (Phi) is 2.66.